The van der Waals surface area contributed by atoms with E-state index < -0.39 is 0 Å². The Labute approximate surface area is 147 Å². The van der Waals surface area contributed by atoms with Crippen LogP contribution in [0.3, 0.4) is 0 Å². The Morgan fingerprint density at radius 3 is 2.84 bits per heavy atom. The number of amides is 1. The number of morpholine rings is 1. The maximum Gasteiger partial charge on any atom is 0.255 e. The van der Waals surface area contributed by atoms with E-state index >= 15 is 0 Å². The second-order valence-electron chi connectivity index (χ2n) is 7.37. The second-order valence-corrected chi connectivity index (χ2v) is 7.37. The van der Waals surface area contributed by atoms with E-state index in [0.717, 1.165) is 56.6 Å². The highest BCUT2D eigenvalue weighted by molar-refractivity contribution is 5.76. The highest BCUT2D eigenvalue weighted by atomic mass is 16.5. The normalized spacial score (nSPS) is 26.1. The molecule has 2 fully saturated rings. The summed E-state index contributed by atoms with van der Waals surface area (Å²) in [4.78, 5) is 36.8. The van der Waals surface area contributed by atoms with Gasteiger partial charge in [0.05, 0.1) is 18.9 Å². The van der Waals surface area contributed by atoms with Crippen LogP contribution in [0.5, 0.6) is 0 Å². The van der Waals surface area contributed by atoms with Crippen molar-refractivity contribution >= 4 is 11.9 Å². The Kier molecular flexibility index (Phi) is 4.27. The minimum atomic E-state index is -0.145. The smallest absolute Gasteiger partial charge is 0.255 e. The lowest BCUT2D eigenvalue weighted by atomic mass is 9.77. The molecule has 1 aromatic rings. The number of likely N-dealkylation sites (tertiary alicyclic amines) is 1. The highest BCUT2D eigenvalue weighted by Crippen LogP contribution is 2.43. The summed E-state index contributed by atoms with van der Waals surface area (Å²) in [5.41, 5.74) is 1.60. The monoisotopic (exact) mass is 346 g/mol. The van der Waals surface area contributed by atoms with Crippen LogP contribution in [0, 0.1) is 0 Å². The van der Waals surface area contributed by atoms with Crippen molar-refractivity contribution < 1.29 is 9.53 Å². The number of fused-ring (bicyclic) bond motifs is 2. The number of anilines is 1. The fraction of sp³-hybridized carbons (Fsp3) is 0.722. The third kappa shape index (κ3) is 2.84. The first-order valence-corrected chi connectivity index (χ1v) is 9.37. The third-order valence-electron chi connectivity index (χ3n) is 5.90. The Bertz CT molecular complexity index is 726. The summed E-state index contributed by atoms with van der Waals surface area (Å²) in [7, 11) is 0. The fourth-order valence-corrected chi connectivity index (χ4v) is 4.53. The zero-order valence-electron chi connectivity index (χ0n) is 14.8. The number of aromatic nitrogens is 2. The standard InChI is InChI=1S/C18H26N4O3/c1-2-14(23)22-7-3-5-18(12-22)6-4-13-15(18)19-17(20-16(13)24)21-8-10-25-11-9-21/h2-12H2,1H3,(H,19,20,24). The minimum absolute atomic E-state index is 0.0118. The molecule has 25 heavy (non-hydrogen) atoms. The first-order chi connectivity index (χ1) is 12.1. The Hall–Kier alpha value is -1.89. The number of nitrogens with zero attached hydrogens (tertiary/aromatic N) is 3. The maximum atomic E-state index is 12.6. The number of hydrogen-bond acceptors (Lipinski definition) is 5. The molecule has 136 valence electrons. The van der Waals surface area contributed by atoms with Crippen LogP contribution in [0.1, 0.15) is 43.9 Å². The molecule has 1 spiro atoms. The number of hydrogen-bond donors (Lipinski definition) is 1. The van der Waals surface area contributed by atoms with Crippen molar-refractivity contribution in [3.8, 4) is 0 Å². The van der Waals surface area contributed by atoms with Crippen molar-refractivity contribution in [2.24, 2.45) is 0 Å². The van der Waals surface area contributed by atoms with Crippen molar-refractivity contribution in [1.29, 1.82) is 0 Å². The molecule has 1 aliphatic carbocycles. The van der Waals surface area contributed by atoms with Crippen LogP contribution in [0.15, 0.2) is 4.79 Å². The van der Waals surface area contributed by atoms with Crippen LogP contribution in [-0.4, -0.2) is 60.2 Å². The predicted molar refractivity (Wildman–Crippen MR) is 94.0 cm³/mol. The summed E-state index contributed by atoms with van der Waals surface area (Å²) in [6.45, 7) is 6.24. The van der Waals surface area contributed by atoms with E-state index in [-0.39, 0.29) is 16.9 Å². The average Bonchev–Trinajstić information content (AvgIpc) is 3.00. The molecular formula is C18H26N4O3. The number of H-pyrrole nitrogens is 1. The van der Waals surface area contributed by atoms with E-state index in [4.69, 9.17) is 9.72 Å². The van der Waals surface area contributed by atoms with Crippen molar-refractivity contribution in [1.82, 2.24) is 14.9 Å². The summed E-state index contributed by atoms with van der Waals surface area (Å²) < 4.78 is 5.40. The van der Waals surface area contributed by atoms with Crippen LogP contribution >= 0.6 is 0 Å². The van der Waals surface area contributed by atoms with Crippen LogP contribution in [0.2, 0.25) is 0 Å². The molecule has 1 N–H and O–H groups in total. The first kappa shape index (κ1) is 16.6. The number of carbonyl (C=O) groups excluding carboxylic acids is 1. The van der Waals surface area contributed by atoms with Crippen LogP contribution in [-0.2, 0) is 21.4 Å². The number of ether oxygens (including phenoxy) is 1. The molecule has 2 aliphatic heterocycles. The Morgan fingerprint density at radius 1 is 1.28 bits per heavy atom. The maximum absolute atomic E-state index is 12.6. The number of nitrogens with one attached hydrogen (secondary N) is 1. The van der Waals surface area contributed by atoms with Gasteiger partial charge in [-0.05, 0) is 25.7 Å². The van der Waals surface area contributed by atoms with Gasteiger partial charge in [0, 0.05) is 43.6 Å². The molecule has 1 atom stereocenters. The summed E-state index contributed by atoms with van der Waals surface area (Å²) in [5, 5.41) is 0. The van der Waals surface area contributed by atoms with Crippen LogP contribution in [0.25, 0.3) is 0 Å². The van der Waals surface area contributed by atoms with E-state index in [0.29, 0.717) is 32.1 Å². The third-order valence-corrected chi connectivity index (χ3v) is 5.90. The van der Waals surface area contributed by atoms with Crippen molar-refractivity contribution in [3.63, 3.8) is 0 Å². The predicted octanol–water partition coefficient (Wildman–Crippen LogP) is 0.823. The molecule has 4 rings (SSSR count). The zero-order chi connectivity index (χ0) is 17.4. The first-order valence-electron chi connectivity index (χ1n) is 9.37. The van der Waals surface area contributed by atoms with E-state index in [9.17, 15) is 9.59 Å². The molecule has 3 heterocycles. The molecule has 3 aliphatic rings. The summed E-state index contributed by atoms with van der Waals surface area (Å²) >= 11 is 0. The second kappa shape index (κ2) is 6.44. The summed E-state index contributed by atoms with van der Waals surface area (Å²) in [5.74, 6) is 0.859. The lowest BCUT2D eigenvalue weighted by molar-refractivity contribution is -0.133. The highest BCUT2D eigenvalue weighted by Gasteiger charge is 2.45. The largest absolute Gasteiger partial charge is 0.378 e. The summed E-state index contributed by atoms with van der Waals surface area (Å²) in [6, 6.07) is 0. The van der Waals surface area contributed by atoms with Crippen LogP contribution < -0.4 is 10.5 Å². The van der Waals surface area contributed by atoms with Gasteiger partial charge in [0.25, 0.3) is 5.56 Å². The van der Waals surface area contributed by atoms with Crippen molar-refractivity contribution in [2.45, 2.75) is 44.4 Å². The molecule has 0 saturated carbocycles. The fourth-order valence-electron chi connectivity index (χ4n) is 4.53. The van der Waals surface area contributed by atoms with Gasteiger partial charge in [0.15, 0.2) is 0 Å². The number of piperidine rings is 1. The lowest BCUT2D eigenvalue weighted by Gasteiger charge is -2.40. The summed E-state index contributed by atoms with van der Waals surface area (Å²) in [6.07, 6.45) is 4.19. The van der Waals surface area contributed by atoms with Gasteiger partial charge in [-0.2, -0.15) is 0 Å². The molecule has 1 amide bonds. The molecule has 7 heteroatoms. The van der Waals surface area contributed by atoms with E-state index in [2.05, 4.69) is 9.88 Å². The average molecular weight is 346 g/mol. The van der Waals surface area contributed by atoms with E-state index in [1.54, 1.807) is 0 Å². The molecule has 2 saturated heterocycles. The van der Waals surface area contributed by atoms with Gasteiger partial charge in [0.1, 0.15) is 0 Å². The number of rotatable bonds is 2. The lowest BCUT2D eigenvalue weighted by Crippen LogP contribution is -2.48. The molecule has 1 aromatic heterocycles. The van der Waals surface area contributed by atoms with Gasteiger partial charge in [-0.15, -0.1) is 0 Å². The molecular weight excluding hydrogens is 320 g/mol. The molecule has 0 bridgehead atoms. The Morgan fingerprint density at radius 2 is 2.08 bits per heavy atom. The number of aromatic amines is 1. The van der Waals surface area contributed by atoms with Gasteiger partial charge in [-0.1, -0.05) is 6.92 Å². The van der Waals surface area contributed by atoms with E-state index in [1.807, 2.05) is 11.8 Å². The van der Waals surface area contributed by atoms with Gasteiger partial charge in [0.2, 0.25) is 11.9 Å². The molecule has 0 radical (unpaired) electrons. The van der Waals surface area contributed by atoms with Crippen LogP contribution in [0.4, 0.5) is 5.95 Å². The quantitative estimate of drug-likeness (QED) is 0.858. The number of carbonyl (C=O) groups is 1. The molecule has 1 unspecified atom stereocenters. The van der Waals surface area contributed by atoms with Gasteiger partial charge in [-0.3, -0.25) is 14.6 Å². The topological polar surface area (TPSA) is 78.5 Å². The van der Waals surface area contributed by atoms with E-state index in [1.165, 1.54) is 0 Å². The zero-order valence-corrected chi connectivity index (χ0v) is 14.8. The van der Waals surface area contributed by atoms with Gasteiger partial charge >= 0.3 is 0 Å². The van der Waals surface area contributed by atoms with Gasteiger partial charge < -0.3 is 14.5 Å². The Balaban J connectivity index is 1.69. The molecule has 0 aromatic carbocycles. The van der Waals surface area contributed by atoms with Crippen molar-refractivity contribution in [3.05, 3.63) is 21.6 Å². The van der Waals surface area contributed by atoms with Gasteiger partial charge in [-0.25, -0.2) is 4.98 Å². The minimum Gasteiger partial charge on any atom is -0.378 e. The molecule has 7 nitrogen and oxygen atoms in total. The SMILES string of the molecule is CCC(=O)N1CCCC2(CCc3c2nc(N2CCOCC2)[nH]c3=O)C1. The van der Waals surface area contributed by atoms with Crippen molar-refractivity contribution in [2.75, 3.05) is 44.3 Å².